The van der Waals surface area contributed by atoms with Gasteiger partial charge in [0.05, 0.1) is 17.9 Å². The smallest absolute Gasteiger partial charge is 0.110 e. The Balaban J connectivity index is 2.67. The first kappa shape index (κ1) is 9.08. The fourth-order valence-electron chi connectivity index (χ4n) is 0.874. The molecular weight excluding hydrogens is 158 g/mol. The van der Waals surface area contributed by atoms with Crippen LogP contribution in [0.3, 0.4) is 0 Å². The number of pyridine rings is 1. The maximum atomic E-state index is 8.39. The lowest BCUT2D eigenvalue weighted by Crippen LogP contribution is -2.09. The summed E-state index contributed by atoms with van der Waals surface area (Å²) in [7, 11) is 0. The van der Waals surface area contributed by atoms with Gasteiger partial charge in [-0.15, -0.1) is 0 Å². The number of nitrogens with one attached hydrogen (secondary N) is 1. The summed E-state index contributed by atoms with van der Waals surface area (Å²) >= 11 is 0. The van der Waals surface area contributed by atoms with Gasteiger partial charge in [0, 0.05) is 0 Å². The van der Waals surface area contributed by atoms with Gasteiger partial charge in [-0.25, -0.2) is 5.90 Å². The highest BCUT2D eigenvalue weighted by Gasteiger charge is 1.96. The second-order valence-electron chi connectivity index (χ2n) is 2.27. The molecule has 0 aliphatic carbocycles. The van der Waals surface area contributed by atoms with Gasteiger partial charge in [-0.05, 0) is 12.1 Å². The van der Waals surface area contributed by atoms with Crippen LogP contribution in [0.15, 0.2) is 18.2 Å². The Morgan fingerprint density at radius 1 is 1.50 bits per heavy atom. The lowest BCUT2D eigenvalue weighted by molar-refractivity contribution is 0.120. The highest BCUT2D eigenvalue weighted by Crippen LogP contribution is 1.99. The van der Waals surface area contributed by atoms with Gasteiger partial charge in [0.2, 0.25) is 0 Å². The normalized spacial score (nSPS) is 10.2. The summed E-state index contributed by atoms with van der Waals surface area (Å²) in [6, 6.07) is 5.42. The topological polar surface area (TPSA) is 80.4 Å². The average Bonchev–Trinajstić information content (AvgIpc) is 2.06. The number of hydrogen-bond acceptors (Lipinski definition) is 5. The molecule has 0 atom stereocenters. The minimum Gasteiger partial charge on any atom is -0.316 e. The molecule has 0 saturated heterocycles. The predicted octanol–water partition coefficient (Wildman–Crippen LogP) is -0.0493. The molecule has 0 saturated carbocycles. The second kappa shape index (κ2) is 4.78. The zero-order valence-electron chi connectivity index (χ0n) is 6.53. The van der Waals surface area contributed by atoms with Crippen molar-refractivity contribution < 1.29 is 10.0 Å². The SMILES string of the molecule is NOCc1cccc(CNO)n1. The minimum absolute atomic E-state index is 0.277. The number of hydrogen-bond donors (Lipinski definition) is 3. The van der Waals surface area contributed by atoms with Crippen LogP contribution in [0.5, 0.6) is 0 Å². The molecule has 66 valence electrons. The monoisotopic (exact) mass is 169 g/mol. The lowest BCUT2D eigenvalue weighted by atomic mass is 10.3. The molecule has 0 aliphatic rings. The molecular formula is C7H11N3O2. The van der Waals surface area contributed by atoms with Crippen LogP contribution in [-0.2, 0) is 18.0 Å². The van der Waals surface area contributed by atoms with Gasteiger partial charge in [0.25, 0.3) is 0 Å². The summed E-state index contributed by atoms with van der Waals surface area (Å²) < 4.78 is 0. The van der Waals surface area contributed by atoms with Gasteiger partial charge in [-0.2, -0.15) is 5.48 Å². The van der Waals surface area contributed by atoms with Gasteiger partial charge >= 0.3 is 0 Å². The highest BCUT2D eigenvalue weighted by atomic mass is 16.6. The van der Waals surface area contributed by atoms with E-state index in [9.17, 15) is 0 Å². The molecule has 1 rings (SSSR count). The molecule has 4 N–H and O–H groups in total. The maximum absolute atomic E-state index is 8.39. The van der Waals surface area contributed by atoms with Crippen LogP contribution in [0, 0.1) is 0 Å². The first-order chi connectivity index (χ1) is 5.86. The Hall–Kier alpha value is -1.01. The first-order valence-corrected chi connectivity index (χ1v) is 3.50. The first-order valence-electron chi connectivity index (χ1n) is 3.50. The van der Waals surface area contributed by atoms with Gasteiger partial charge in [0.1, 0.15) is 6.61 Å². The van der Waals surface area contributed by atoms with Crippen molar-refractivity contribution in [3.8, 4) is 0 Å². The molecule has 12 heavy (non-hydrogen) atoms. The fraction of sp³-hybridized carbons (Fsp3) is 0.286. The molecule has 0 aromatic carbocycles. The number of rotatable bonds is 4. The van der Waals surface area contributed by atoms with Crippen molar-refractivity contribution in [2.24, 2.45) is 5.90 Å². The van der Waals surface area contributed by atoms with Crippen LogP contribution in [0.4, 0.5) is 0 Å². The van der Waals surface area contributed by atoms with Crippen LogP contribution >= 0.6 is 0 Å². The van der Waals surface area contributed by atoms with E-state index in [1.54, 1.807) is 12.1 Å². The van der Waals surface area contributed by atoms with E-state index in [0.717, 1.165) is 11.4 Å². The molecule has 0 fully saturated rings. The molecule has 5 heteroatoms. The highest BCUT2D eigenvalue weighted by molar-refractivity contribution is 5.10. The molecule has 0 radical (unpaired) electrons. The minimum atomic E-state index is 0.277. The van der Waals surface area contributed by atoms with Crippen molar-refractivity contribution in [1.82, 2.24) is 10.5 Å². The summed E-state index contributed by atoms with van der Waals surface area (Å²) in [6.07, 6.45) is 0. The fourth-order valence-corrected chi connectivity index (χ4v) is 0.874. The summed E-state index contributed by atoms with van der Waals surface area (Å²) in [5, 5.41) is 8.39. The van der Waals surface area contributed by atoms with E-state index < -0.39 is 0 Å². The summed E-state index contributed by atoms with van der Waals surface area (Å²) in [5.41, 5.74) is 3.50. The molecule has 0 unspecified atom stereocenters. The van der Waals surface area contributed by atoms with Crippen LogP contribution in [0.2, 0.25) is 0 Å². The Morgan fingerprint density at radius 3 is 2.92 bits per heavy atom. The van der Waals surface area contributed by atoms with E-state index >= 15 is 0 Å². The average molecular weight is 169 g/mol. The van der Waals surface area contributed by atoms with Crippen LogP contribution < -0.4 is 11.4 Å². The van der Waals surface area contributed by atoms with Gasteiger partial charge in [0.15, 0.2) is 0 Å². The van der Waals surface area contributed by atoms with E-state index in [-0.39, 0.29) is 6.61 Å². The standard InChI is InChI=1S/C7H11N3O2/c8-12-5-7-3-1-2-6(10-7)4-9-11/h1-3,9,11H,4-5,8H2. The van der Waals surface area contributed by atoms with Gasteiger partial charge in [-0.1, -0.05) is 6.07 Å². The Kier molecular flexibility index (Phi) is 3.62. The predicted molar refractivity (Wildman–Crippen MR) is 41.8 cm³/mol. The Labute approximate surface area is 70.1 Å². The number of hydroxylamine groups is 1. The van der Waals surface area contributed by atoms with Crippen molar-refractivity contribution in [1.29, 1.82) is 0 Å². The summed E-state index contributed by atoms with van der Waals surface area (Å²) in [5.74, 6) is 4.88. The number of nitrogens with two attached hydrogens (primary N) is 1. The van der Waals surface area contributed by atoms with Crippen LogP contribution in [0.25, 0.3) is 0 Å². The molecule has 1 aromatic heterocycles. The van der Waals surface area contributed by atoms with Crippen molar-refractivity contribution in [3.63, 3.8) is 0 Å². The van der Waals surface area contributed by atoms with E-state index in [2.05, 4.69) is 9.82 Å². The third-order valence-corrected chi connectivity index (χ3v) is 1.36. The molecule has 5 nitrogen and oxygen atoms in total. The van der Waals surface area contributed by atoms with Gasteiger partial charge in [-0.3, -0.25) is 9.82 Å². The molecule has 0 aliphatic heterocycles. The Morgan fingerprint density at radius 2 is 2.25 bits per heavy atom. The molecule has 1 heterocycles. The summed E-state index contributed by atoms with van der Waals surface area (Å²) in [6.45, 7) is 0.595. The lowest BCUT2D eigenvalue weighted by Gasteiger charge is -2.01. The molecule has 0 bridgehead atoms. The van der Waals surface area contributed by atoms with Crippen LogP contribution in [0.1, 0.15) is 11.4 Å². The zero-order valence-corrected chi connectivity index (χ0v) is 6.53. The van der Waals surface area contributed by atoms with Crippen LogP contribution in [-0.4, -0.2) is 10.2 Å². The quantitative estimate of drug-likeness (QED) is 0.551. The van der Waals surface area contributed by atoms with E-state index in [4.69, 9.17) is 11.1 Å². The summed E-state index contributed by atoms with van der Waals surface area (Å²) in [4.78, 5) is 8.54. The van der Waals surface area contributed by atoms with Crippen molar-refractivity contribution >= 4 is 0 Å². The third kappa shape index (κ3) is 2.55. The van der Waals surface area contributed by atoms with Gasteiger partial charge < -0.3 is 5.21 Å². The van der Waals surface area contributed by atoms with E-state index in [0.29, 0.717) is 6.54 Å². The number of nitrogens with zero attached hydrogens (tertiary/aromatic N) is 1. The second-order valence-corrected chi connectivity index (χ2v) is 2.27. The van der Waals surface area contributed by atoms with E-state index in [1.165, 1.54) is 0 Å². The Bertz CT molecular complexity index is 221. The molecule has 0 amide bonds. The third-order valence-electron chi connectivity index (χ3n) is 1.36. The number of aromatic nitrogens is 1. The largest absolute Gasteiger partial charge is 0.316 e. The van der Waals surface area contributed by atoms with Crippen molar-refractivity contribution in [2.45, 2.75) is 13.2 Å². The molecule has 0 spiro atoms. The van der Waals surface area contributed by atoms with Crippen molar-refractivity contribution in [2.75, 3.05) is 0 Å². The zero-order chi connectivity index (χ0) is 8.81. The maximum Gasteiger partial charge on any atom is 0.110 e. The van der Waals surface area contributed by atoms with Crippen molar-refractivity contribution in [3.05, 3.63) is 29.6 Å². The molecule has 1 aromatic rings. The van der Waals surface area contributed by atoms with E-state index in [1.807, 2.05) is 11.5 Å².